The van der Waals surface area contributed by atoms with Crippen LogP contribution in [0.15, 0.2) is 53.5 Å². The molecule has 1 fully saturated rings. The van der Waals surface area contributed by atoms with Crippen LogP contribution in [0.3, 0.4) is 0 Å². The summed E-state index contributed by atoms with van der Waals surface area (Å²) in [7, 11) is 2.01. The zero-order chi connectivity index (χ0) is 28.8. The fourth-order valence-corrected chi connectivity index (χ4v) is 5.82. The molecule has 0 aliphatic carbocycles. The highest BCUT2D eigenvalue weighted by molar-refractivity contribution is 5.88. The number of phenolic OH excluding ortho intramolecular Hbond substituents is 1. The Balaban J connectivity index is 1.75. The summed E-state index contributed by atoms with van der Waals surface area (Å²) in [4.78, 5) is 21.0. The normalized spacial score (nSPS) is 15.8. The Morgan fingerprint density at radius 2 is 1.80 bits per heavy atom. The maximum absolute atomic E-state index is 14.2. The first-order chi connectivity index (χ1) is 18.9. The van der Waals surface area contributed by atoms with Gasteiger partial charge in [0.2, 0.25) is 0 Å². The van der Waals surface area contributed by atoms with E-state index in [1.54, 1.807) is 19.2 Å². The molecule has 3 heterocycles. The average molecular weight is 551 g/mol. The van der Waals surface area contributed by atoms with Crippen molar-refractivity contribution >= 4 is 10.9 Å². The second-order valence-electron chi connectivity index (χ2n) is 10.9. The quantitative estimate of drug-likeness (QED) is 0.314. The predicted molar refractivity (Wildman–Crippen MR) is 151 cm³/mol. The van der Waals surface area contributed by atoms with E-state index >= 15 is 0 Å². The van der Waals surface area contributed by atoms with Crippen LogP contribution in [0.1, 0.15) is 40.8 Å². The van der Waals surface area contributed by atoms with Gasteiger partial charge in [0.25, 0.3) is 5.56 Å². The molecule has 40 heavy (non-hydrogen) atoms. The van der Waals surface area contributed by atoms with Gasteiger partial charge in [-0.2, -0.15) is 13.2 Å². The van der Waals surface area contributed by atoms with Crippen LogP contribution in [-0.4, -0.2) is 45.7 Å². The first-order valence-electron chi connectivity index (χ1n) is 13.4. The topological polar surface area (TPSA) is 70.4 Å². The van der Waals surface area contributed by atoms with Gasteiger partial charge in [-0.15, -0.1) is 0 Å². The van der Waals surface area contributed by atoms with Crippen LogP contribution in [-0.2, 0) is 12.7 Å². The summed E-state index contributed by atoms with van der Waals surface area (Å²) in [6.45, 7) is 7.90. The van der Waals surface area contributed by atoms with E-state index in [-0.39, 0.29) is 5.69 Å². The van der Waals surface area contributed by atoms with Crippen LogP contribution in [0.5, 0.6) is 5.75 Å². The largest absolute Gasteiger partial charge is 0.508 e. The zero-order valence-corrected chi connectivity index (χ0v) is 23.1. The van der Waals surface area contributed by atoms with Crippen molar-refractivity contribution in [2.75, 3.05) is 20.1 Å². The van der Waals surface area contributed by atoms with Crippen molar-refractivity contribution in [3.8, 4) is 22.6 Å². The van der Waals surface area contributed by atoms with Crippen molar-refractivity contribution in [3.63, 3.8) is 0 Å². The molecule has 0 amide bonds. The fraction of sp³-hybridized carbons (Fsp3) is 0.355. The Bertz CT molecular complexity index is 1620. The van der Waals surface area contributed by atoms with Gasteiger partial charge >= 0.3 is 6.18 Å². The minimum absolute atomic E-state index is 0.0528. The molecule has 0 saturated carbocycles. The number of nitrogens with zero attached hydrogens (tertiary/aromatic N) is 3. The van der Waals surface area contributed by atoms with Crippen LogP contribution >= 0.6 is 0 Å². The van der Waals surface area contributed by atoms with E-state index in [9.17, 15) is 23.1 Å². The molecular weight excluding hydrogens is 517 g/mol. The van der Waals surface area contributed by atoms with E-state index in [1.807, 2.05) is 20.9 Å². The zero-order valence-electron chi connectivity index (χ0n) is 23.1. The number of nitrogens with one attached hydrogen (secondary N) is 1. The highest BCUT2D eigenvalue weighted by Gasteiger charge is 2.32. The Hall–Kier alpha value is -3.69. The number of aromatic hydroxyl groups is 1. The fourth-order valence-electron chi connectivity index (χ4n) is 5.82. The summed E-state index contributed by atoms with van der Waals surface area (Å²) >= 11 is 0. The summed E-state index contributed by atoms with van der Waals surface area (Å²) in [5.74, 6) is -0.567. The van der Waals surface area contributed by atoms with Crippen LogP contribution in [0.25, 0.3) is 27.7 Å². The predicted octanol–water partition coefficient (Wildman–Crippen LogP) is 5.89. The third-order valence-corrected chi connectivity index (χ3v) is 7.47. The summed E-state index contributed by atoms with van der Waals surface area (Å²) < 4.78 is 42.0. The van der Waals surface area contributed by atoms with Crippen LogP contribution in [0.4, 0.5) is 13.2 Å². The molecule has 2 aromatic carbocycles. The summed E-state index contributed by atoms with van der Waals surface area (Å²) in [5, 5.41) is 14.0. The lowest BCUT2D eigenvalue weighted by atomic mass is 9.95. The third-order valence-electron chi connectivity index (χ3n) is 7.47. The van der Waals surface area contributed by atoms with E-state index in [0.29, 0.717) is 35.2 Å². The number of alkyl halides is 3. The molecule has 210 valence electrons. The minimum Gasteiger partial charge on any atom is -0.508 e. The molecule has 1 aliphatic heterocycles. The van der Waals surface area contributed by atoms with E-state index in [4.69, 9.17) is 0 Å². The number of aromatic nitrogens is 2. The molecule has 1 aliphatic rings. The van der Waals surface area contributed by atoms with E-state index in [2.05, 4.69) is 33.4 Å². The van der Waals surface area contributed by atoms with Crippen molar-refractivity contribution in [3.05, 3.63) is 87.0 Å². The number of pyridine rings is 2. The number of likely N-dealkylation sites (N-methyl/N-ethyl adjacent to an activating group) is 1. The number of phenols is 1. The number of hydrogen-bond donors (Lipinski definition) is 2. The molecule has 6 nitrogen and oxygen atoms in total. The standard InChI is InChI=1S/C31H33F3N4O2/c1-18-8-19(2)10-21(9-18)26-15-36-28-11-20(3)38(24-12-22(31(32,33)34)13-25(39)14-24)30(40)29(28)27(26)17-37(4)16-23-6-5-7-35-23/h8-15,23,35,39H,5-7,16-17H2,1-4H3/t23-/m0/s1. The Morgan fingerprint density at radius 3 is 2.45 bits per heavy atom. The Labute approximate surface area is 231 Å². The monoisotopic (exact) mass is 550 g/mol. The highest BCUT2D eigenvalue weighted by atomic mass is 19.4. The van der Waals surface area contributed by atoms with E-state index in [0.717, 1.165) is 59.8 Å². The molecule has 0 spiro atoms. The minimum atomic E-state index is -4.68. The van der Waals surface area contributed by atoms with Crippen LogP contribution in [0.2, 0.25) is 0 Å². The summed E-state index contributed by atoms with van der Waals surface area (Å²) in [6.07, 6.45) is -0.691. The van der Waals surface area contributed by atoms with Crippen molar-refractivity contribution in [1.82, 2.24) is 19.8 Å². The number of rotatable bonds is 6. The SMILES string of the molecule is Cc1cc(C)cc(-c2cnc3cc(C)n(-c4cc(O)cc(C(F)(F)F)c4)c(=O)c3c2CN(C)C[C@@H]2CCCN2)c1. The van der Waals surface area contributed by atoms with Gasteiger partial charge in [0, 0.05) is 42.7 Å². The van der Waals surface area contributed by atoms with Crippen molar-refractivity contribution in [1.29, 1.82) is 0 Å². The smallest absolute Gasteiger partial charge is 0.416 e. The highest BCUT2D eigenvalue weighted by Crippen LogP contribution is 2.34. The summed E-state index contributed by atoms with van der Waals surface area (Å²) in [5.41, 5.74) is 3.99. The molecule has 0 unspecified atom stereocenters. The van der Waals surface area contributed by atoms with Gasteiger partial charge in [-0.05, 0) is 76.5 Å². The van der Waals surface area contributed by atoms with Gasteiger partial charge < -0.3 is 15.3 Å². The number of fused-ring (bicyclic) bond motifs is 1. The molecule has 0 bridgehead atoms. The van der Waals surface area contributed by atoms with Crippen molar-refractivity contribution in [2.24, 2.45) is 0 Å². The first kappa shape index (κ1) is 27.9. The van der Waals surface area contributed by atoms with E-state index in [1.165, 1.54) is 10.6 Å². The van der Waals surface area contributed by atoms with Gasteiger partial charge in [-0.1, -0.05) is 29.3 Å². The molecule has 1 atom stereocenters. The van der Waals surface area contributed by atoms with Gasteiger partial charge in [0.1, 0.15) is 5.75 Å². The second-order valence-corrected chi connectivity index (χ2v) is 10.9. The van der Waals surface area contributed by atoms with Gasteiger partial charge in [-0.3, -0.25) is 14.3 Å². The molecular formula is C31H33F3N4O2. The average Bonchev–Trinajstić information content (AvgIpc) is 3.35. The third kappa shape index (κ3) is 5.62. The van der Waals surface area contributed by atoms with Crippen LogP contribution < -0.4 is 10.9 Å². The Kier molecular flexibility index (Phi) is 7.46. The number of aryl methyl sites for hydroxylation is 3. The molecule has 1 saturated heterocycles. The number of benzene rings is 2. The van der Waals surface area contributed by atoms with E-state index < -0.39 is 23.0 Å². The lowest BCUT2D eigenvalue weighted by Gasteiger charge is -2.24. The number of hydrogen-bond acceptors (Lipinski definition) is 5. The molecule has 4 aromatic rings. The maximum Gasteiger partial charge on any atom is 0.416 e. The first-order valence-corrected chi connectivity index (χ1v) is 13.4. The molecule has 2 N–H and O–H groups in total. The summed E-state index contributed by atoms with van der Waals surface area (Å²) in [6, 6.07) is 11.0. The molecule has 5 rings (SSSR count). The number of halogens is 3. The lowest BCUT2D eigenvalue weighted by molar-refractivity contribution is -0.137. The lowest BCUT2D eigenvalue weighted by Crippen LogP contribution is -2.35. The van der Waals surface area contributed by atoms with Crippen molar-refractivity contribution in [2.45, 2.75) is 52.4 Å². The Morgan fingerprint density at radius 1 is 1.07 bits per heavy atom. The maximum atomic E-state index is 14.2. The van der Waals surface area contributed by atoms with Gasteiger partial charge in [0.05, 0.1) is 22.2 Å². The molecule has 2 aromatic heterocycles. The molecule has 0 radical (unpaired) electrons. The van der Waals surface area contributed by atoms with Crippen molar-refractivity contribution < 1.29 is 18.3 Å². The molecule has 9 heteroatoms. The van der Waals surface area contributed by atoms with Gasteiger partial charge in [-0.25, -0.2) is 0 Å². The van der Waals surface area contributed by atoms with Crippen LogP contribution in [0, 0.1) is 20.8 Å². The second kappa shape index (κ2) is 10.7. The van der Waals surface area contributed by atoms with Gasteiger partial charge in [0.15, 0.2) is 0 Å².